The first-order valence-corrected chi connectivity index (χ1v) is 6.47. The predicted molar refractivity (Wildman–Crippen MR) is 80.3 cm³/mol. The van der Waals surface area contributed by atoms with Crippen molar-refractivity contribution in [1.29, 1.82) is 0 Å². The van der Waals surface area contributed by atoms with Gasteiger partial charge in [-0.3, -0.25) is 0 Å². The van der Waals surface area contributed by atoms with Gasteiger partial charge in [-0.1, -0.05) is 22.9 Å². The molecule has 20 heavy (non-hydrogen) atoms. The van der Waals surface area contributed by atoms with E-state index in [-0.39, 0.29) is 0 Å². The van der Waals surface area contributed by atoms with E-state index in [0.29, 0.717) is 6.33 Å². The Balaban J connectivity index is 2.43. The van der Waals surface area contributed by atoms with E-state index >= 15 is 0 Å². The van der Waals surface area contributed by atoms with Crippen molar-refractivity contribution in [2.45, 2.75) is 6.92 Å². The summed E-state index contributed by atoms with van der Waals surface area (Å²) < 4.78 is 14.0. The monoisotopic (exact) mass is 269 g/mol. The molecule has 0 saturated carbocycles. The van der Waals surface area contributed by atoms with Gasteiger partial charge in [-0.25, -0.2) is 4.39 Å². The van der Waals surface area contributed by atoms with Crippen molar-refractivity contribution in [1.82, 2.24) is 0 Å². The number of aryl methyl sites for hydroxylation is 1. The molecular weight excluding hydrogens is 251 g/mol. The minimum atomic E-state index is 0.516. The summed E-state index contributed by atoms with van der Waals surface area (Å²) in [6.07, 6.45) is 7.31. The number of rotatable bonds is 4. The van der Waals surface area contributed by atoms with E-state index in [2.05, 4.69) is 25.1 Å². The molecule has 102 valence electrons. The van der Waals surface area contributed by atoms with E-state index in [1.807, 2.05) is 47.2 Å². The van der Waals surface area contributed by atoms with Crippen molar-refractivity contribution in [3.05, 3.63) is 78.9 Å². The number of pyridine rings is 1. The van der Waals surface area contributed by atoms with Crippen molar-refractivity contribution in [2.24, 2.45) is 0 Å². The predicted octanol–water partition coefficient (Wildman–Crippen LogP) is 3.51. The van der Waals surface area contributed by atoms with Gasteiger partial charge in [-0.15, -0.1) is 0 Å². The third-order valence-corrected chi connectivity index (χ3v) is 3.09. The van der Waals surface area contributed by atoms with Gasteiger partial charge in [0, 0.05) is 12.1 Å². The highest BCUT2D eigenvalue weighted by Crippen LogP contribution is 2.19. The molecule has 0 atom stereocenters. The molecule has 3 heteroatoms. The zero-order valence-electron chi connectivity index (χ0n) is 11.7. The molecule has 0 saturated heterocycles. The Morgan fingerprint density at radius 3 is 2.55 bits per heavy atom. The minimum absolute atomic E-state index is 0.516. The van der Waals surface area contributed by atoms with E-state index < -0.39 is 0 Å². The fourth-order valence-corrected chi connectivity index (χ4v) is 2.07. The number of allylic oxidation sites excluding steroid dienone is 2. The molecule has 0 aliphatic rings. The fourth-order valence-electron chi connectivity index (χ4n) is 2.07. The first-order valence-electron chi connectivity index (χ1n) is 6.47. The Morgan fingerprint density at radius 1 is 1.05 bits per heavy atom. The highest BCUT2D eigenvalue weighted by atomic mass is 19.1. The molecule has 1 aromatic heterocycles. The van der Waals surface area contributed by atoms with E-state index in [1.165, 1.54) is 17.2 Å². The summed E-state index contributed by atoms with van der Waals surface area (Å²) in [6.45, 7) is 2.09. The summed E-state index contributed by atoms with van der Waals surface area (Å²) in [5.74, 6) is 0. The van der Waals surface area contributed by atoms with Crippen LogP contribution in [0.15, 0.2) is 73.3 Å². The average molecular weight is 269 g/mol. The second kappa shape index (κ2) is 6.66. The first kappa shape index (κ1) is 14.0. The van der Waals surface area contributed by atoms with E-state index in [0.717, 1.165) is 5.69 Å². The second-order valence-corrected chi connectivity index (χ2v) is 4.48. The van der Waals surface area contributed by atoms with E-state index in [1.54, 1.807) is 12.3 Å². The number of nitrogens with zero attached hydrogens (tertiary/aromatic N) is 2. The molecule has 0 fully saturated rings. The SMILES string of the molecule is Cc1ccccc1-c1cccc[n+]1N(C)C=CC=CF. The third kappa shape index (κ3) is 3.12. The molecule has 1 heterocycles. The maximum absolute atomic E-state index is 12.0. The lowest BCUT2D eigenvalue weighted by molar-refractivity contribution is -0.672. The standard InChI is InChI=1S/C17H18FN2/c1-15-9-3-4-10-16(15)17-11-5-7-14-20(17)19(2)13-8-6-12-18/h3-14H,1-2H3/q+1. The Kier molecular flexibility index (Phi) is 4.66. The van der Waals surface area contributed by atoms with Crippen LogP contribution in [0.3, 0.4) is 0 Å². The Hall–Kier alpha value is -2.42. The van der Waals surface area contributed by atoms with Crippen LogP contribution in [-0.4, -0.2) is 7.05 Å². The third-order valence-electron chi connectivity index (χ3n) is 3.09. The van der Waals surface area contributed by atoms with Crippen molar-refractivity contribution in [3.63, 3.8) is 0 Å². The number of aromatic nitrogens is 1. The molecule has 0 N–H and O–H groups in total. The van der Waals surface area contributed by atoms with Gasteiger partial charge in [0.2, 0.25) is 11.9 Å². The van der Waals surface area contributed by atoms with Gasteiger partial charge in [0.1, 0.15) is 0 Å². The maximum Gasteiger partial charge on any atom is 0.243 e. The van der Waals surface area contributed by atoms with Gasteiger partial charge in [0.15, 0.2) is 0 Å². The molecule has 2 rings (SSSR count). The molecule has 0 aliphatic carbocycles. The fraction of sp³-hybridized carbons (Fsp3) is 0.118. The Labute approximate surface area is 119 Å². The zero-order chi connectivity index (χ0) is 14.4. The summed E-state index contributed by atoms with van der Waals surface area (Å²) in [4.78, 5) is 0. The van der Waals surface area contributed by atoms with Crippen LogP contribution < -0.4 is 9.69 Å². The number of halogens is 1. The second-order valence-electron chi connectivity index (χ2n) is 4.48. The van der Waals surface area contributed by atoms with Crippen LogP contribution in [-0.2, 0) is 0 Å². The largest absolute Gasteiger partial charge is 0.243 e. The van der Waals surface area contributed by atoms with Crippen LogP contribution in [0.25, 0.3) is 11.3 Å². The first-order chi connectivity index (χ1) is 9.74. The maximum atomic E-state index is 12.0. The van der Waals surface area contributed by atoms with E-state index in [9.17, 15) is 4.39 Å². The van der Waals surface area contributed by atoms with Gasteiger partial charge in [-0.2, -0.15) is 5.01 Å². The lowest BCUT2D eigenvalue weighted by Gasteiger charge is -2.11. The molecule has 0 spiro atoms. The summed E-state index contributed by atoms with van der Waals surface area (Å²) in [5.41, 5.74) is 3.48. The smallest absolute Gasteiger partial charge is 0.216 e. The molecule has 0 bridgehead atoms. The Bertz CT molecular complexity index is 632. The number of hydrogen-bond acceptors (Lipinski definition) is 1. The van der Waals surface area contributed by atoms with Crippen LogP contribution in [0.1, 0.15) is 5.56 Å². The molecule has 2 nitrogen and oxygen atoms in total. The molecule has 0 radical (unpaired) electrons. The Morgan fingerprint density at radius 2 is 1.80 bits per heavy atom. The van der Waals surface area contributed by atoms with Gasteiger partial charge in [0.05, 0.1) is 25.1 Å². The molecule has 0 aliphatic heterocycles. The number of benzene rings is 1. The van der Waals surface area contributed by atoms with Gasteiger partial charge in [0.25, 0.3) is 0 Å². The lowest BCUT2D eigenvalue weighted by Crippen LogP contribution is -2.53. The van der Waals surface area contributed by atoms with Gasteiger partial charge >= 0.3 is 0 Å². The molecule has 0 amide bonds. The highest BCUT2D eigenvalue weighted by molar-refractivity contribution is 5.60. The van der Waals surface area contributed by atoms with Gasteiger partial charge < -0.3 is 0 Å². The topological polar surface area (TPSA) is 7.12 Å². The van der Waals surface area contributed by atoms with Crippen molar-refractivity contribution in [3.8, 4) is 11.3 Å². The van der Waals surface area contributed by atoms with Crippen LogP contribution in [0.2, 0.25) is 0 Å². The lowest BCUT2D eigenvalue weighted by atomic mass is 10.1. The van der Waals surface area contributed by atoms with Crippen LogP contribution in [0.4, 0.5) is 4.39 Å². The molecular formula is C17H18FN2+. The zero-order valence-corrected chi connectivity index (χ0v) is 11.7. The highest BCUT2D eigenvalue weighted by Gasteiger charge is 2.16. The summed E-state index contributed by atoms with van der Waals surface area (Å²) >= 11 is 0. The van der Waals surface area contributed by atoms with Crippen LogP contribution >= 0.6 is 0 Å². The van der Waals surface area contributed by atoms with Crippen molar-refractivity contribution >= 4 is 0 Å². The summed E-state index contributed by atoms with van der Waals surface area (Å²) in [6, 6.07) is 14.3. The quantitative estimate of drug-likeness (QED) is 0.608. The average Bonchev–Trinajstić information content (AvgIpc) is 2.48. The summed E-state index contributed by atoms with van der Waals surface area (Å²) in [7, 11) is 1.92. The minimum Gasteiger partial charge on any atom is -0.216 e. The van der Waals surface area contributed by atoms with Crippen LogP contribution in [0.5, 0.6) is 0 Å². The normalized spacial score (nSPS) is 11.3. The van der Waals surface area contributed by atoms with Crippen LogP contribution in [0, 0.1) is 6.92 Å². The van der Waals surface area contributed by atoms with Gasteiger partial charge in [-0.05, 0) is 36.8 Å². The number of hydrogen-bond donors (Lipinski definition) is 0. The molecule has 0 unspecified atom stereocenters. The summed E-state index contributed by atoms with van der Waals surface area (Å²) in [5, 5.41) is 1.90. The molecule has 2 aromatic rings. The molecule has 1 aromatic carbocycles. The van der Waals surface area contributed by atoms with E-state index in [4.69, 9.17) is 0 Å². The van der Waals surface area contributed by atoms with Crippen molar-refractivity contribution < 1.29 is 9.07 Å². The van der Waals surface area contributed by atoms with Crippen molar-refractivity contribution in [2.75, 3.05) is 12.1 Å².